The van der Waals surface area contributed by atoms with Crippen LogP contribution in [0.25, 0.3) is 0 Å². The van der Waals surface area contributed by atoms with Gasteiger partial charge in [-0.05, 0) is 48.4 Å². The van der Waals surface area contributed by atoms with Gasteiger partial charge in [-0.3, -0.25) is 9.59 Å². The first-order valence-corrected chi connectivity index (χ1v) is 10.5. The summed E-state index contributed by atoms with van der Waals surface area (Å²) in [6.07, 6.45) is 0.694. The molecule has 0 unspecified atom stereocenters. The minimum absolute atomic E-state index is 0.0114. The predicted molar refractivity (Wildman–Crippen MR) is 109 cm³/mol. The van der Waals surface area contributed by atoms with Crippen LogP contribution >= 0.6 is 11.6 Å². The number of rotatable bonds is 9. The Bertz CT molecular complexity index is 913. The van der Waals surface area contributed by atoms with Crippen LogP contribution < -0.4 is 15.4 Å². The average molecular weight is 424 g/mol. The van der Waals surface area contributed by atoms with Gasteiger partial charge >= 0.3 is 0 Å². The number of amides is 2. The maximum absolute atomic E-state index is 12.2. The van der Waals surface area contributed by atoms with Crippen LogP contribution in [0.15, 0.2) is 53.4 Å². The van der Waals surface area contributed by atoms with Gasteiger partial charge < -0.3 is 10.6 Å². The van der Waals surface area contributed by atoms with Gasteiger partial charge in [0.1, 0.15) is 0 Å². The summed E-state index contributed by atoms with van der Waals surface area (Å²) < 4.78 is 26.9. The highest BCUT2D eigenvalue weighted by Crippen LogP contribution is 2.14. The molecule has 150 valence electrons. The summed E-state index contributed by atoms with van der Waals surface area (Å²) in [7, 11) is -3.72. The minimum Gasteiger partial charge on any atom is -0.356 e. The second kappa shape index (κ2) is 10.2. The number of anilines is 1. The van der Waals surface area contributed by atoms with Crippen molar-refractivity contribution in [3.05, 3.63) is 59.1 Å². The van der Waals surface area contributed by atoms with Gasteiger partial charge in [-0.2, -0.15) is 0 Å². The Morgan fingerprint density at radius 3 is 2.21 bits per heavy atom. The molecule has 2 rings (SSSR count). The number of hydrogen-bond acceptors (Lipinski definition) is 4. The monoisotopic (exact) mass is 423 g/mol. The fourth-order valence-electron chi connectivity index (χ4n) is 2.39. The zero-order valence-electron chi connectivity index (χ0n) is 15.4. The smallest absolute Gasteiger partial charge is 0.240 e. The number of hydrogen-bond donors (Lipinski definition) is 3. The molecule has 0 aliphatic heterocycles. The van der Waals surface area contributed by atoms with Crippen molar-refractivity contribution in [2.24, 2.45) is 0 Å². The standard InChI is InChI=1S/C19H22ClN3O4S/c1-14(24)23-17-6-8-18(9-7-17)28(26,27)22-13-11-19(25)21-12-10-15-2-4-16(20)5-3-15/h2-9,22H,10-13H2,1H3,(H,21,25)(H,23,24). The van der Waals surface area contributed by atoms with E-state index in [-0.39, 0.29) is 29.7 Å². The Kier molecular flexibility index (Phi) is 7.98. The molecule has 2 aromatic rings. The van der Waals surface area contributed by atoms with Crippen LogP contribution in [-0.2, 0) is 26.0 Å². The Labute approximate surface area is 169 Å². The van der Waals surface area contributed by atoms with E-state index in [9.17, 15) is 18.0 Å². The summed E-state index contributed by atoms with van der Waals surface area (Å²) in [4.78, 5) is 22.9. The van der Waals surface area contributed by atoms with Gasteiger partial charge in [0.2, 0.25) is 21.8 Å². The Balaban J connectivity index is 1.74. The lowest BCUT2D eigenvalue weighted by Crippen LogP contribution is -2.31. The summed E-state index contributed by atoms with van der Waals surface area (Å²) in [6.45, 7) is 1.81. The molecule has 0 saturated carbocycles. The van der Waals surface area contributed by atoms with Crippen molar-refractivity contribution in [2.45, 2.75) is 24.7 Å². The van der Waals surface area contributed by atoms with E-state index in [1.165, 1.54) is 31.2 Å². The SMILES string of the molecule is CC(=O)Nc1ccc(S(=O)(=O)NCCC(=O)NCCc2ccc(Cl)cc2)cc1. The summed E-state index contributed by atoms with van der Waals surface area (Å²) in [6, 6.07) is 13.1. The summed E-state index contributed by atoms with van der Waals surface area (Å²) in [5.41, 5.74) is 1.56. The quantitative estimate of drug-likeness (QED) is 0.575. The number of sulfonamides is 1. The van der Waals surface area contributed by atoms with Gasteiger partial charge in [0.15, 0.2) is 0 Å². The van der Waals surface area contributed by atoms with Crippen LogP contribution in [0.2, 0.25) is 5.02 Å². The molecule has 2 amide bonds. The van der Waals surface area contributed by atoms with Crippen molar-refractivity contribution in [2.75, 3.05) is 18.4 Å². The largest absolute Gasteiger partial charge is 0.356 e. The molecule has 0 fully saturated rings. The third-order valence-corrected chi connectivity index (χ3v) is 5.51. The molecule has 0 aromatic heterocycles. The second-order valence-electron chi connectivity index (χ2n) is 6.08. The highest BCUT2D eigenvalue weighted by atomic mass is 35.5. The summed E-state index contributed by atoms with van der Waals surface area (Å²) in [5.74, 6) is -0.478. The van der Waals surface area contributed by atoms with E-state index < -0.39 is 10.0 Å². The maximum atomic E-state index is 12.2. The van der Waals surface area contributed by atoms with Crippen LogP contribution in [0.5, 0.6) is 0 Å². The van der Waals surface area contributed by atoms with Crippen molar-refractivity contribution < 1.29 is 18.0 Å². The third kappa shape index (κ3) is 7.30. The molecular weight excluding hydrogens is 402 g/mol. The molecule has 0 heterocycles. The third-order valence-electron chi connectivity index (χ3n) is 3.78. The van der Waals surface area contributed by atoms with E-state index in [1.54, 1.807) is 12.1 Å². The predicted octanol–water partition coefficient (Wildman–Crippen LogP) is 2.33. The fourth-order valence-corrected chi connectivity index (χ4v) is 3.55. The molecule has 9 heteroatoms. The minimum atomic E-state index is -3.72. The lowest BCUT2D eigenvalue weighted by atomic mass is 10.1. The number of carbonyl (C=O) groups excluding carboxylic acids is 2. The topological polar surface area (TPSA) is 104 Å². The molecule has 0 aliphatic carbocycles. The molecule has 0 spiro atoms. The van der Waals surface area contributed by atoms with Crippen molar-refractivity contribution in [1.29, 1.82) is 0 Å². The van der Waals surface area contributed by atoms with Crippen LogP contribution in [0.4, 0.5) is 5.69 Å². The van der Waals surface area contributed by atoms with Crippen LogP contribution in [-0.4, -0.2) is 33.3 Å². The molecule has 0 aliphatic rings. The van der Waals surface area contributed by atoms with E-state index in [2.05, 4.69) is 15.4 Å². The molecule has 28 heavy (non-hydrogen) atoms. The molecule has 0 atom stereocenters. The molecular formula is C19H22ClN3O4S. The Hall–Kier alpha value is -2.42. The zero-order chi connectivity index (χ0) is 20.6. The van der Waals surface area contributed by atoms with Gasteiger partial charge in [0.25, 0.3) is 0 Å². The number of carbonyl (C=O) groups is 2. The fraction of sp³-hybridized carbons (Fsp3) is 0.263. The molecule has 0 radical (unpaired) electrons. The van der Waals surface area contributed by atoms with E-state index in [1.807, 2.05) is 12.1 Å². The first-order valence-electron chi connectivity index (χ1n) is 8.65. The van der Waals surface area contributed by atoms with Gasteiger partial charge in [0.05, 0.1) is 4.90 Å². The van der Waals surface area contributed by atoms with E-state index in [0.29, 0.717) is 23.7 Å². The molecule has 2 aromatic carbocycles. The number of halogens is 1. The van der Waals surface area contributed by atoms with Crippen molar-refractivity contribution >= 4 is 39.1 Å². The van der Waals surface area contributed by atoms with E-state index in [4.69, 9.17) is 11.6 Å². The van der Waals surface area contributed by atoms with Crippen molar-refractivity contribution in [1.82, 2.24) is 10.0 Å². The molecule has 3 N–H and O–H groups in total. The zero-order valence-corrected chi connectivity index (χ0v) is 16.9. The first kappa shape index (κ1) is 21.9. The summed E-state index contributed by atoms with van der Waals surface area (Å²) >= 11 is 5.82. The van der Waals surface area contributed by atoms with Crippen molar-refractivity contribution in [3.63, 3.8) is 0 Å². The van der Waals surface area contributed by atoms with Gasteiger partial charge in [-0.1, -0.05) is 23.7 Å². The summed E-state index contributed by atoms with van der Waals surface area (Å²) in [5, 5.41) is 5.97. The second-order valence-corrected chi connectivity index (χ2v) is 8.28. The first-order chi connectivity index (χ1) is 13.3. The number of nitrogens with one attached hydrogen (secondary N) is 3. The van der Waals surface area contributed by atoms with Gasteiger partial charge in [0, 0.05) is 37.1 Å². The van der Waals surface area contributed by atoms with Crippen LogP contribution in [0, 0.1) is 0 Å². The normalized spacial score (nSPS) is 11.1. The van der Waals surface area contributed by atoms with Gasteiger partial charge in [-0.25, -0.2) is 13.1 Å². The highest BCUT2D eigenvalue weighted by Gasteiger charge is 2.14. The average Bonchev–Trinajstić information content (AvgIpc) is 2.63. The molecule has 7 nitrogen and oxygen atoms in total. The molecule has 0 saturated heterocycles. The Morgan fingerprint density at radius 1 is 0.964 bits per heavy atom. The molecule has 0 bridgehead atoms. The van der Waals surface area contributed by atoms with Crippen LogP contribution in [0.1, 0.15) is 18.9 Å². The van der Waals surface area contributed by atoms with Gasteiger partial charge in [-0.15, -0.1) is 0 Å². The highest BCUT2D eigenvalue weighted by molar-refractivity contribution is 7.89. The van der Waals surface area contributed by atoms with Crippen molar-refractivity contribution in [3.8, 4) is 0 Å². The van der Waals surface area contributed by atoms with E-state index in [0.717, 1.165) is 5.56 Å². The number of benzene rings is 2. The van der Waals surface area contributed by atoms with E-state index >= 15 is 0 Å². The lowest BCUT2D eigenvalue weighted by Gasteiger charge is -2.09. The lowest BCUT2D eigenvalue weighted by molar-refractivity contribution is -0.121. The van der Waals surface area contributed by atoms with Crippen LogP contribution in [0.3, 0.4) is 0 Å². The maximum Gasteiger partial charge on any atom is 0.240 e. The Morgan fingerprint density at radius 2 is 1.61 bits per heavy atom.